The average molecular weight is 459 g/mol. The predicted octanol–water partition coefficient (Wildman–Crippen LogP) is 2.08. The number of sulfonamides is 1. The minimum absolute atomic E-state index is 0.0841. The van der Waals surface area contributed by atoms with Crippen LogP contribution in [0.25, 0.3) is 0 Å². The molecule has 2 aromatic rings. The van der Waals surface area contributed by atoms with Gasteiger partial charge in [-0.1, -0.05) is 18.8 Å². The minimum Gasteiger partial charge on any atom is -0.497 e. The zero-order chi connectivity index (χ0) is 23.3. The standard InChI is InChI=1S/C24H30N2O5S/c1-17-15-26(18(2)16-27)32(28,29)24-12-9-20(13-22(24)31-23(17)14-25-3)6-5-19-7-10-21(30-4)11-8-19/h7-13,17-18,23,25,27H,14-16H2,1-4H3/t17-,18+,23+/m1/s1. The highest BCUT2D eigenvalue weighted by Crippen LogP contribution is 2.33. The second kappa shape index (κ2) is 10.4. The van der Waals surface area contributed by atoms with Gasteiger partial charge in [-0.05, 0) is 56.4 Å². The molecule has 0 aromatic heterocycles. The number of nitrogens with one attached hydrogen (secondary N) is 1. The van der Waals surface area contributed by atoms with E-state index in [1.54, 1.807) is 26.2 Å². The Morgan fingerprint density at radius 1 is 1.22 bits per heavy atom. The van der Waals surface area contributed by atoms with Crippen molar-refractivity contribution in [3.63, 3.8) is 0 Å². The van der Waals surface area contributed by atoms with Gasteiger partial charge < -0.3 is 19.9 Å². The molecule has 7 nitrogen and oxygen atoms in total. The number of hydrogen-bond donors (Lipinski definition) is 2. The monoisotopic (exact) mass is 458 g/mol. The summed E-state index contributed by atoms with van der Waals surface area (Å²) in [5, 5.41) is 12.8. The van der Waals surface area contributed by atoms with Gasteiger partial charge in [0.1, 0.15) is 22.5 Å². The number of fused-ring (bicyclic) bond motifs is 1. The Morgan fingerprint density at radius 3 is 2.50 bits per heavy atom. The lowest BCUT2D eigenvalue weighted by atomic mass is 10.0. The number of aliphatic hydroxyl groups excluding tert-OH is 1. The minimum atomic E-state index is -3.85. The van der Waals surface area contributed by atoms with E-state index in [-0.39, 0.29) is 35.8 Å². The second-order valence-corrected chi connectivity index (χ2v) is 9.80. The Hall–Kier alpha value is -2.57. The largest absolute Gasteiger partial charge is 0.497 e. The van der Waals surface area contributed by atoms with Gasteiger partial charge in [-0.3, -0.25) is 0 Å². The Labute approximate surface area is 190 Å². The van der Waals surface area contributed by atoms with Crippen LogP contribution in [-0.2, 0) is 10.0 Å². The normalized spacial score (nSPS) is 21.2. The lowest BCUT2D eigenvalue weighted by molar-refractivity contribution is 0.103. The number of aliphatic hydroxyl groups is 1. The van der Waals surface area contributed by atoms with Crippen molar-refractivity contribution in [2.45, 2.75) is 30.9 Å². The first-order valence-corrected chi connectivity index (χ1v) is 12.0. The Bertz CT molecular complexity index is 1090. The summed E-state index contributed by atoms with van der Waals surface area (Å²) in [7, 11) is -0.412. The summed E-state index contributed by atoms with van der Waals surface area (Å²) in [6.45, 7) is 4.21. The third-order valence-corrected chi connectivity index (χ3v) is 7.53. The maximum Gasteiger partial charge on any atom is 0.247 e. The summed E-state index contributed by atoms with van der Waals surface area (Å²) in [4.78, 5) is 0.0841. The van der Waals surface area contributed by atoms with Crippen molar-refractivity contribution < 1.29 is 23.0 Å². The van der Waals surface area contributed by atoms with Gasteiger partial charge in [0.15, 0.2) is 0 Å². The fourth-order valence-corrected chi connectivity index (χ4v) is 5.39. The van der Waals surface area contributed by atoms with Crippen molar-refractivity contribution in [2.24, 2.45) is 5.92 Å². The van der Waals surface area contributed by atoms with Crippen molar-refractivity contribution in [3.05, 3.63) is 53.6 Å². The molecule has 0 saturated heterocycles. The molecule has 2 N–H and O–H groups in total. The maximum absolute atomic E-state index is 13.4. The highest BCUT2D eigenvalue weighted by Gasteiger charge is 2.37. The van der Waals surface area contributed by atoms with E-state index in [1.807, 2.05) is 38.2 Å². The number of nitrogens with zero attached hydrogens (tertiary/aromatic N) is 1. The Balaban J connectivity index is 2.03. The zero-order valence-electron chi connectivity index (χ0n) is 18.8. The fourth-order valence-electron chi connectivity index (χ4n) is 3.57. The SMILES string of the molecule is CNC[C@@H]1Oc2cc(C#Cc3ccc(OC)cc3)ccc2S(=O)(=O)N([C@@H](C)CO)C[C@H]1C. The summed E-state index contributed by atoms with van der Waals surface area (Å²) in [6.07, 6.45) is -0.243. The van der Waals surface area contributed by atoms with Crippen molar-refractivity contribution >= 4 is 10.0 Å². The first-order valence-electron chi connectivity index (χ1n) is 10.5. The summed E-state index contributed by atoms with van der Waals surface area (Å²) >= 11 is 0. The van der Waals surface area contributed by atoms with Gasteiger partial charge in [-0.2, -0.15) is 4.31 Å². The van der Waals surface area contributed by atoms with E-state index in [0.717, 1.165) is 11.3 Å². The molecule has 172 valence electrons. The van der Waals surface area contributed by atoms with E-state index >= 15 is 0 Å². The maximum atomic E-state index is 13.4. The molecule has 1 heterocycles. The van der Waals surface area contributed by atoms with E-state index in [0.29, 0.717) is 12.1 Å². The van der Waals surface area contributed by atoms with Crippen LogP contribution >= 0.6 is 0 Å². The van der Waals surface area contributed by atoms with Crippen LogP contribution in [0.5, 0.6) is 11.5 Å². The van der Waals surface area contributed by atoms with Crippen LogP contribution in [0.1, 0.15) is 25.0 Å². The van der Waals surface area contributed by atoms with Gasteiger partial charge in [-0.25, -0.2) is 8.42 Å². The Morgan fingerprint density at radius 2 is 1.88 bits per heavy atom. The quantitative estimate of drug-likeness (QED) is 0.667. The molecule has 0 spiro atoms. The average Bonchev–Trinajstić information content (AvgIpc) is 2.79. The molecular formula is C24H30N2O5S. The molecule has 0 saturated carbocycles. The van der Waals surface area contributed by atoms with E-state index in [9.17, 15) is 13.5 Å². The zero-order valence-corrected chi connectivity index (χ0v) is 19.6. The lowest BCUT2D eigenvalue weighted by Crippen LogP contribution is -2.49. The van der Waals surface area contributed by atoms with E-state index in [2.05, 4.69) is 17.2 Å². The van der Waals surface area contributed by atoms with Crippen LogP contribution in [0.2, 0.25) is 0 Å². The summed E-state index contributed by atoms with van der Waals surface area (Å²) in [5.41, 5.74) is 1.46. The van der Waals surface area contributed by atoms with Gasteiger partial charge in [-0.15, -0.1) is 0 Å². The molecule has 0 aliphatic carbocycles. The van der Waals surface area contributed by atoms with E-state index in [1.165, 1.54) is 10.4 Å². The molecule has 0 bridgehead atoms. The summed E-state index contributed by atoms with van der Waals surface area (Å²) in [5.74, 6) is 7.10. The number of ether oxygens (including phenoxy) is 2. The molecule has 0 fully saturated rings. The van der Waals surface area contributed by atoms with E-state index < -0.39 is 16.1 Å². The van der Waals surface area contributed by atoms with Gasteiger partial charge >= 0.3 is 0 Å². The van der Waals surface area contributed by atoms with Gasteiger partial charge in [0.2, 0.25) is 10.0 Å². The second-order valence-electron chi connectivity index (χ2n) is 7.94. The number of hydrogen-bond acceptors (Lipinski definition) is 6. The molecule has 3 atom stereocenters. The number of benzene rings is 2. The molecule has 0 amide bonds. The van der Waals surface area contributed by atoms with Crippen LogP contribution in [0.15, 0.2) is 47.4 Å². The highest BCUT2D eigenvalue weighted by atomic mass is 32.2. The molecule has 8 heteroatoms. The fraction of sp³-hybridized carbons (Fsp3) is 0.417. The predicted molar refractivity (Wildman–Crippen MR) is 123 cm³/mol. The van der Waals surface area contributed by atoms with Crippen LogP contribution in [0.4, 0.5) is 0 Å². The molecule has 0 radical (unpaired) electrons. The van der Waals surface area contributed by atoms with Gasteiger partial charge in [0.25, 0.3) is 0 Å². The van der Waals surface area contributed by atoms with Gasteiger partial charge in [0, 0.05) is 36.2 Å². The summed E-state index contributed by atoms with van der Waals surface area (Å²) in [6, 6.07) is 11.7. The smallest absolute Gasteiger partial charge is 0.247 e. The molecule has 1 aliphatic heterocycles. The number of methoxy groups -OCH3 is 1. The van der Waals surface area contributed by atoms with Crippen molar-refractivity contribution in [1.82, 2.24) is 9.62 Å². The molecule has 0 unspecified atom stereocenters. The van der Waals surface area contributed by atoms with Gasteiger partial charge in [0.05, 0.1) is 13.7 Å². The van der Waals surface area contributed by atoms with E-state index in [4.69, 9.17) is 9.47 Å². The summed E-state index contributed by atoms with van der Waals surface area (Å²) < 4.78 is 39.5. The number of likely N-dealkylation sites (N-methyl/N-ethyl adjacent to an activating group) is 1. The van der Waals surface area contributed by atoms with Crippen LogP contribution in [0, 0.1) is 17.8 Å². The molecule has 1 aliphatic rings. The highest BCUT2D eigenvalue weighted by molar-refractivity contribution is 7.89. The molecule has 3 rings (SSSR count). The molecule has 32 heavy (non-hydrogen) atoms. The van der Waals surface area contributed by atoms with Crippen molar-refractivity contribution in [1.29, 1.82) is 0 Å². The lowest BCUT2D eigenvalue weighted by Gasteiger charge is -2.36. The van der Waals surface area contributed by atoms with Crippen LogP contribution in [-0.4, -0.2) is 63.8 Å². The topological polar surface area (TPSA) is 88.1 Å². The third kappa shape index (κ3) is 5.25. The number of rotatable bonds is 5. The molecular weight excluding hydrogens is 428 g/mol. The first-order chi connectivity index (χ1) is 15.3. The first kappa shape index (κ1) is 24.1. The Kier molecular flexibility index (Phi) is 7.80. The third-order valence-electron chi connectivity index (χ3n) is 5.51. The van der Waals surface area contributed by atoms with Crippen LogP contribution in [0.3, 0.4) is 0 Å². The van der Waals surface area contributed by atoms with Crippen molar-refractivity contribution in [2.75, 3.05) is 33.9 Å². The molecule has 2 aromatic carbocycles. The van der Waals surface area contributed by atoms with Crippen molar-refractivity contribution in [3.8, 4) is 23.3 Å². The van der Waals surface area contributed by atoms with Crippen LogP contribution < -0.4 is 14.8 Å².